The van der Waals surface area contributed by atoms with Crippen LogP contribution in [-0.4, -0.2) is 13.4 Å². The Morgan fingerprint density at radius 3 is 2.50 bits per heavy atom. The first kappa shape index (κ1) is 22.2. The van der Waals surface area contributed by atoms with Gasteiger partial charge in [0.15, 0.2) is 9.84 Å². The Hall–Kier alpha value is -2.53. The van der Waals surface area contributed by atoms with Gasteiger partial charge < -0.3 is 5.32 Å². The van der Waals surface area contributed by atoms with Gasteiger partial charge in [-0.05, 0) is 43.3 Å². The molecule has 160 valence electrons. The minimum Gasteiger partial charge on any atom is -0.378 e. The number of aromatic nitrogens is 1. The number of benzene rings is 2. The Balaban J connectivity index is 1.96. The Morgan fingerprint density at radius 2 is 1.87 bits per heavy atom. The topological polar surface area (TPSA) is 59.1 Å². The fourth-order valence-electron chi connectivity index (χ4n) is 2.82. The number of nitrogens with one attached hydrogen (secondary N) is 1. The molecule has 0 radical (unpaired) electrons. The first-order valence-corrected chi connectivity index (χ1v) is 11.1. The Kier molecular flexibility index (Phi) is 6.14. The lowest BCUT2D eigenvalue weighted by molar-refractivity contribution is -0.137. The largest absolute Gasteiger partial charge is 0.418 e. The van der Waals surface area contributed by atoms with Crippen LogP contribution in [0, 0.1) is 11.6 Å². The molecule has 1 N–H and O–H groups in total. The fourth-order valence-corrected chi connectivity index (χ4v) is 4.77. The summed E-state index contributed by atoms with van der Waals surface area (Å²) in [6.07, 6.45) is -4.88. The summed E-state index contributed by atoms with van der Waals surface area (Å²) in [6.45, 7) is 1.37. The lowest BCUT2D eigenvalue weighted by Crippen LogP contribution is -2.16. The predicted octanol–water partition coefficient (Wildman–Crippen LogP) is 5.59. The normalized spacial score (nSPS) is 13.3. The van der Waals surface area contributed by atoms with Gasteiger partial charge in [-0.1, -0.05) is 0 Å². The molecular weight excluding hydrogens is 447 g/mol. The van der Waals surface area contributed by atoms with Crippen molar-refractivity contribution in [3.05, 3.63) is 75.7 Å². The van der Waals surface area contributed by atoms with Crippen LogP contribution in [0.25, 0.3) is 0 Å². The van der Waals surface area contributed by atoms with Gasteiger partial charge in [-0.15, -0.1) is 11.3 Å². The zero-order valence-electron chi connectivity index (χ0n) is 15.4. The maximum absolute atomic E-state index is 13.9. The number of alkyl halides is 3. The summed E-state index contributed by atoms with van der Waals surface area (Å²) >= 11 is 1.17. The number of sulfone groups is 1. The highest BCUT2D eigenvalue weighted by Crippen LogP contribution is 2.38. The van der Waals surface area contributed by atoms with Crippen molar-refractivity contribution in [2.24, 2.45) is 0 Å². The Labute approximate surface area is 173 Å². The summed E-state index contributed by atoms with van der Waals surface area (Å²) in [5, 5.41) is 3.99. The molecule has 0 unspecified atom stereocenters. The molecule has 1 aromatic heterocycles. The zero-order valence-corrected chi connectivity index (χ0v) is 17.0. The molecule has 1 atom stereocenters. The smallest absolute Gasteiger partial charge is 0.378 e. The molecule has 1 heterocycles. The van der Waals surface area contributed by atoms with Crippen LogP contribution in [0.3, 0.4) is 0 Å². The van der Waals surface area contributed by atoms with Gasteiger partial charge in [-0.25, -0.2) is 22.2 Å². The molecule has 0 aliphatic rings. The molecule has 3 rings (SSSR count). The van der Waals surface area contributed by atoms with Gasteiger partial charge in [0, 0.05) is 16.6 Å². The van der Waals surface area contributed by atoms with Crippen LogP contribution in [0.5, 0.6) is 0 Å². The number of hydrogen-bond donors (Lipinski definition) is 1. The van der Waals surface area contributed by atoms with Crippen molar-refractivity contribution in [3.8, 4) is 0 Å². The van der Waals surface area contributed by atoms with E-state index in [1.807, 2.05) is 0 Å². The van der Waals surface area contributed by atoms with E-state index in [1.54, 1.807) is 0 Å². The Bertz CT molecular complexity index is 1150. The summed E-state index contributed by atoms with van der Waals surface area (Å²) in [5.41, 5.74) is -0.197. The van der Waals surface area contributed by atoms with Crippen LogP contribution in [0.2, 0.25) is 0 Å². The van der Waals surface area contributed by atoms with E-state index in [1.165, 1.54) is 29.2 Å². The number of thiazole rings is 1. The van der Waals surface area contributed by atoms with Crippen molar-refractivity contribution < 1.29 is 30.4 Å². The number of nitrogens with zero attached hydrogens (tertiary/aromatic N) is 1. The van der Waals surface area contributed by atoms with E-state index in [2.05, 4.69) is 10.3 Å². The van der Waals surface area contributed by atoms with Gasteiger partial charge in [0.05, 0.1) is 33.5 Å². The summed E-state index contributed by atoms with van der Waals surface area (Å²) < 4.78 is 93.2. The molecule has 2 aromatic carbocycles. The zero-order chi connectivity index (χ0) is 22.1. The van der Waals surface area contributed by atoms with E-state index in [9.17, 15) is 30.4 Å². The third-order valence-electron chi connectivity index (χ3n) is 4.27. The average Bonchev–Trinajstić information content (AvgIpc) is 3.15. The first-order valence-electron chi connectivity index (χ1n) is 8.50. The van der Waals surface area contributed by atoms with Crippen molar-refractivity contribution in [3.63, 3.8) is 0 Å². The number of halogens is 5. The molecule has 0 saturated carbocycles. The molecule has 0 saturated heterocycles. The number of hydrogen-bond acceptors (Lipinski definition) is 5. The molecule has 30 heavy (non-hydrogen) atoms. The lowest BCUT2D eigenvalue weighted by Gasteiger charge is -2.21. The Morgan fingerprint density at radius 1 is 1.13 bits per heavy atom. The van der Waals surface area contributed by atoms with Gasteiger partial charge in [0.2, 0.25) is 0 Å². The second-order valence-corrected chi connectivity index (χ2v) is 9.18. The lowest BCUT2D eigenvalue weighted by atomic mass is 10.1. The highest BCUT2D eigenvalue weighted by Gasteiger charge is 2.35. The molecule has 3 aromatic rings. The monoisotopic (exact) mass is 462 g/mol. The van der Waals surface area contributed by atoms with E-state index in [4.69, 9.17) is 0 Å². The van der Waals surface area contributed by atoms with Gasteiger partial charge in [0.1, 0.15) is 11.6 Å². The maximum atomic E-state index is 13.9. The third kappa shape index (κ3) is 4.96. The van der Waals surface area contributed by atoms with Gasteiger partial charge in [0.25, 0.3) is 0 Å². The van der Waals surface area contributed by atoms with Crippen LogP contribution in [-0.2, 0) is 21.8 Å². The summed E-state index contributed by atoms with van der Waals surface area (Å²) in [7, 11) is -4.07. The molecule has 4 nitrogen and oxygen atoms in total. The van der Waals surface area contributed by atoms with Gasteiger partial charge in [-0.2, -0.15) is 13.2 Å². The second kappa shape index (κ2) is 8.31. The summed E-state index contributed by atoms with van der Waals surface area (Å²) in [4.78, 5) is 3.33. The average molecular weight is 462 g/mol. The van der Waals surface area contributed by atoms with Crippen LogP contribution in [0.15, 0.2) is 52.2 Å². The van der Waals surface area contributed by atoms with Crippen molar-refractivity contribution in [1.82, 2.24) is 4.98 Å². The molecule has 0 fully saturated rings. The third-order valence-corrected chi connectivity index (χ3v) is 6.56. The van der Waals surface area contributed by atoms with E-state index >= 15 is 0 Å². The van der Waals surface area contributed by atoms with Gasteiger partial charge >= 0.3 is 6.18 Å². The van der Waals surface area contributed by atoms with Crippen LogP contribution >= 0.6 is 11.3 Å². The quantitative estimate of drug-likeness (QED) is 0.486. The molecule has 11 heteroatoms. The van der Waals surface area contributed by atoms with Crippen molar-refractivity contribution in [2.75, 3.05) is 5.32 Å². The molecule has 0 aliphatic heterocycles. The molecular formula is C19H15F5N2O2S2. The standard InChI is InChI=1S/C19H15F5N2O2S2/c1-11(15-6-12(20)2-4-17(15)21)26-18-5-3-14(7-16(18)19(22,23)24)30(27,28)9-13-8-29-10-25-13/h2-8,10-11,26H,9H2,1H3/t11-/m0/s1. The maximum Gasteiger partial charge on any atom is 0.418 e. The fraction of sp³-hybridized carbons (Fsp3) is 0.211. The molecule has 0 spiro atoms. The van der Waals surface area contributed by atoms with Crippen molar-refractivity contribution in [2.45, 2.75) is 29.8 Å². The van der Waals surface area contributed by atoms with Gasteiger partial charge in [-0.3, -0.25) is 0 Å². The highest BCUT2D eigenvalue weighted by atomic mass is 32.2. The second-order valence-electron chi connectivity index (χ2n) is 6.48. The summed E-state index contributed by atoms with van der Waals surface area (Å²) in [6, 6.07) is 4.17. The van der Waals surface area contributed by atoms with E-state index in [0.717, 1.165) is 30.3 Å². The number of anilines is 1. The van der Waals surface area contributed by atoms with Crippen LogP contribution in [0.1, 0.15) is 29.8 Å². The number of rotatable bonds is 6. The van der Waals surface area contributed by atoms with E-state index in [0.29, 0.717) is 6.07 Å². The van der Waals surface area contributed by atoms with Crippen LogP contribution < -0.4 is 5.32 Å². The SMILES string of the molecule is C[C@H](Nc1ccc(S(=O)(=O)Cc2cscn2)cc1C(F)(F)F)c1cc(F)ccc1F. The highest BCUT2D eigenvalue weighted by molar-refractivity contribution is 7.90. The molecule has 0 aliphatic carbocycles. The minimum absolute atomic E-state index is 0.164. The van der Waals surface area contributed by atoms with E-state index < -0.39 is 55.6 Å². The van der Waals surface area contributed by atoms with Crippen LogP contribution in [0.4, 0.5) is 27.6 Å². The minimum atomic E-state index is -4.88. The first-order chi connectivity index (χ1) is 14.0. The predicted molar refractivity (Wildman–Crippen MR) is 103 cm³/mol. The van der Waals surface area contributed by atoms with Crippen molar-refractivity contribution in [1.29, 1.82) is 0 Å². The van der Waals surface area contributed by atoms with Crippen molar-refractivity contribution >= 4 is 26.9 Å². The molecule has 0 amide bonds. The molecule has 0 bridgehead atoms. The van der Waals surface area contributed by atoms with E-state index in [-0.39, 0.29) is 11.3 Å². The summed E-state index contributed by atoms with van der Waals surface area (Å²) in [5.74, 6) is -2.06.